The van der Waals surface area contributed by atoms with Gasteiger partial charge in [0.1, 0.15) is 0 Å². The van der Waals surface area contributed by atoms with Crippen molar-refractivity contribution in [2.45, 2.75) is 157 Å². The highest BCUT2D eigenvalue weighted by Gasteiger charge is 2.47. The second-order valence-corrected chi connectivity index (χ2v) is 36.2. The molecule has 0 N–H and O–H groups in total. The highest BCUT2D eigenvalue weighted by atomic mass is 15.2. The van der Waals surface area contributed by atoms with E-state index in [4.69, 9.17) is 0 Å². The largest absolute Gasteiger partial charge is 0.310 e. The lowest BCUT2D eigenvalue weighted by molar-refractivity contribution is 0.569. The lowest BCUT2D eigenvalue weighted by atomic mass is 9.33. The van der Waals surface area contributed by atoms with Crippen LogP contribution in [0.3, 0.4) is 0 Å². The van der Waals surface area contributed by atoms with Crippen LogP contribution in [0.4, 0.5) is 34.1 Å². The molecule has 0 bridgehead atoms. The Morgan fingerprint density at radius 3 is 0.858 bits per heavy atom. The van der Waals surface area contributed by atoms with Gasteiger partial charge in [-0.1, -0.05) is 343 Å². The lowest BCUT2D eigenvalue weighted by Crippen LogP contribution is -2.61. The fourth-order valence-electron chi connectivity index (χ4n) is 16.9. The SMILES string of the molecule is CC(C)(C)c1cc(-c2ccccc2)c(N2c3cc(-c4ccc(C(C)(C)C)cc4C(C)(C)C)ccc3B3c4ccc(-c5ccc(C(C)(C)C)cc5C(C)(C)C)cc4N(c4c(-c5ccccc5)cc(C(C)(C)C)cc4-c4ccccc4)c4cc(-n5c6ccccc6c6ccccc65)cc2c43)c(-c2ccccc2)c1. The van der Waals surface area contributed by atoms with Crippen LogP contribution >= 0.6 is 0 Å². The zero-order valence-electron chi connectivity index (χ0n) is 65.5. The van der Waals surface area contributed by atoms with Gasteiger partial charge in [0.05, 0.1) is 28.1 Å². The van der Waals surface area contributed by atoms with E-state index in [-0.39, 0.29) is 39.2 Å². The molecule has 2 aliphatic rings. The third-order valence-corrected chi connectivity index (χ3v) is 22.6. The topological polar surface area (TPSA) is 11.4 Å². The smallest absolute Gasteiger partial charge is 0.252 e. The number of aromatic nitrogens is 1. The molecule has 16 rings (SSSR count). The van der Waals surface area contributed by atoms with Crippen molar-refractivity contribution < 1.29 is 0 Å². The molecule has 0 atom stereocenters. The first-order valence-corrected chi connectivity index (χ1v) is 38.3. The fourth-order valence-corrected chi connectivity index (χ4v) is 16.9. The molecule has 0 amide bonds. The molecule has 3 heterocycles. The van der Waals surface area contributed by atoms with Crippen LogP contribution in [-0.2, 0) is 32.5 Å². The first-order chi connectivity index (χ1) is 50.4. The number of benzene rings is 13. The molecule has 106 heavy (non-hydrogen) atoms. The van der Waals surface area contributed by atoms with Crippen molar-refractivity contribution in [3.05, 3.63) is 312 Å². The van der Waals surface area contributed by atoms with Crippen LogP contribution in [0.25, 0.3) is 94.3 Å². The summed E-state index contributed by atoms with van der Waals surface area (Å²) in [6.07, 6.45) is 0. The molecule has 14 aromatic rings. The van der Waals surface area contributed by atoms with Gasteiger partial charge in [-0.15, -0.1) is 0 Å². The average Bonchev–Trinajstić information content (AvgIpc) is 0.791. The Morgan fingerprint density at radius 2 is 0.547 bits per heavy atom. The number of nitrogens with zero attached hydrogens (tertiary/aromatic N) is 3. The minimum absolute atomic E-state index is 0.0494. The summed E-state index contributed by atoms with van der Waals surface area (Å²) in [5, 5.41) is 2.43. The minimum Gasteiger partial charge on any atom is -0.310 e. The van der Waals surface area contributed by atoms with Gasteiger partial charge in [0.25, 0.3) is 6.71 Å². The molecule has 0 unspecified atom stereocenters. The maximum atomic E-state index is 2.76. The standard InChI is InChI=1S/C102H100BN3/c1-97(2,3)71-49-51-76(84(61-71)101(13,14)15)69-47-53-86-90(55-69)105(95-80(65-35-23-19-24-36-65)57-73(99(7,8)9)58-81(95)66-37-25-20-26-38-66)92-63-75(104-88-45-33-31-43-78(88)79-44-32-34-46-89(79)104)64-93-94(92)103(86)87-54-48-70(77-52-50-72(98(4,5)6)62-85(77)102(16,17)18)56-91(87)106(93)96-82(67-39-27-21-28-40-67)59-74(100(10,11)12)60-83(96)68-41-29-22-30-42-68/h19-64H,1-18H3. The summed E-state index contributed by atoms with van der Waals surface area (Å²) in [6.45, 7) is 42.3. The summed E-state index contributed by atoms with van der Waals surface area (Å²) >= 11 is 0. The van der Waals surface area contributed by atoms with Crippen molar-refractivity contribution in [1.29, 1.82) is 0 Å². The number of hydrogen-bond donors (Lipinski definition) is 0. The van der Waals surface area contributed by atoms with E-state index in [0.29, 0.717) is 0 Å². The van der Waals surface area contributed by atoms with Crippen LogP contribution < -0.4 is 26.2 Å². The molecule has 13 aromatic carbocycles. The van der Waals surface area contributed by atoms with Gasteiger partial charge >= 0.3 is 0 Å². The van der Waals surface area contributed by atoms with E-state index in [0.717, 1.165) is 73.1 Å². The van der Waals surface area contributed by atoms with Gasteiger partial charge in [0.15, 0.2) is 0 Å². The maximum absolute atomic E-state index is 2.76. The van der Waals surface area contributed by atoms with Crippen LogP contribution in [0.1, 0.15) is 158 Å². The van der Waals surface area contributed by atoms with E-state index in [9.17, 15) is 0 Å². The molecule has 0 saturated carbocycles. The summed E-state index contributed by atoms with van der Waals surface area (Å²) < 4.78 is 2.57. The number of fused-ring (bicyclic) bond motifs is 7. The van der Waals surface area contributed by atoms with E-state index in [2.05, 4.69) is 418 Å². The molecule has 0 aliphatic carbocycles. The second kappa shape index (κ2) is 25.5. The summed E-state index contributed by atoms with van der Waals surface area (Å²) in [5.41, 5.74) is 35.1. The van der Waals surface area contributed by atoms with Gasteiger partial charge in [-0.05, 0) is 187 Å². The fraction of sp³-hybridized carbons (Fsp3) is 0.235. The summed E-state index contributed by atoms with van der Waals surface area (Å²) in [5.74, 6) is 0. The van der Waals surface area contributed by atoms with E-state index in [1.54, 1.807) is 0 Å². The van der Waals surface area contributed by atoms with Crippen LogP contribution in [0.5, 0.6) is 0 Å². The minimum atomic E-state index is -0.253. The summed E-state index contributed by atoms with van der Waals surface area (Å²) in [6, 6.07) is 108. The van der Waals surface area contributed by atoms with E-state index >= 15 is 0 Å². The second-order valence-electron chi connectivity index (χ2n) is 36.2. The predicted molar refractivity (Wildman–Crippen MR) is 460 cm³/mol. The van der Waals surface area contributed by atoms with Crippen molar-refractivity contribution in [2.75, 3.05) is 9.80 Å². The van der Waals surface area contributed by atoms with Crippen LogP contribution in [-0.4, -0.2) is 11.3 Å². The van der Waals surface area contributed by atoms with Crippen molar-refractivity contribution in [3.63, 3.8) is 0 Å². The zero-order chi connectivity index (χ0) is 74.3. The van der Waals surface area contributed by atoms with Crippen molar-refractivity contribution in [3.8, 4) is 72.4 Å². The predicted octanol–water partition coefficient (Wildman–Crippen LogP) is 26.7. The Hall–Kier alpha value is -10.7. The average molecular weight is 1380 g/mol. The Balaban J connectivity index is 1.15. The van der Waals surface area contributed by atoms with Gasteiger partial charge < -0.3 is 14.4 Å². The van der Waals surface area contributed by atoms with Crippen molar-refractivity contribution >= 4 is 79.0 Å². The molecule has 3 nitrogen and oxygen atoms in total. The molecule has 2 aliphatic heterocycles. The van der Waals surface area contributed by atoms with Gasteiger partial charge in [-0.25, -0.2) is 0 Å². The van der Waals surface area contributed by atoms with Crippen LogP contribution in [0.15, 0.2) is 279 Å². The van der Waals surface area contributed by atoms with E-state index in [1.807, 2.05) is 0 Å². The Morgan fingerprint density at radius 1 is 0.236 bits per heavy atom. The maximum Gasteiger partial charge on any atom is 0.252 e. The quantitative estimate of drug-likeness (QED) is 0.133. The number of hydrogen-bond acceptors (Lipinski definition) is 2. The Labute approximate surface area is 631 Å². The molecular formula is C102H100BN3. The number of rotatable bonds is 9. The van der Waals surface area contributed by atoms with E-state index in [1.165, 1.54) is 105 Å². The van der Waals surface area contributed by atoms with Gasteiger partial charge in [-0.3, -0.25) is 0 Å². The molecule has 4 heteroatoms. The molecule has 0 spiro atoms. The monoisotopic (exact) mass is 1380 g/mol. The molecule has 0 saturated heterocycles. The number of anilines is 6. The van der Waals surface area contributed by atoms with Crippen LogP contribution in [0, 0.1) is 0 Å². The molecule has 0 radical (unpaired) electrons. The third kappa shape index (κ3) is 12.2. The van der Waals surface area contributed by atoms with E-state index < -0.39 is 0 Å². The van der Waals surface area contributed by atoms with Gasteiger partial charge in [0.2, 0.25) is 0 Å². The Kier molecular flexibility index (Phi) is 16.8. The van der Waals surface area contributed by atoms with Gasteiger partial charge in [-0.2, -0.15) is 0 Å². The van der Waals surface area contributed by atoms with Crippen molar-refractivity contribution in [2.24, 2.45) is 0 Å². The molecule has 526 valence electrons. The van der Waals surface area contributed by atoms with Crippen molar-refractivity contribution in [1.82, 2.24) is 4.57 Å². The summed E-state index contributed by atoms with van der Waals surface area (Å²) in [4.78, 5) is 5.51. The normalized spacial score (nSPS) is 13.3. The molecule has 1 aromatic heterocycles. The van der Waals surface area contributed by atoms with Crippen LogP contribution in [0.2, 0.25) is 0 Å². The zero-order valence-corrected chi connectivity index (χ0v) is 65.5. The highest BCUT2D eigenvalue weighted by molar-refractivity contribution is 7.00. The first-order valence-electron chi connectivity index (χ1n) is 38.3. The lowest BCUT2D eigenvalue weighted by Gasteiger charge is -2.46. The van der Waals surface area contributed by atoms with Gasteiger partial charge in [0, 0.05) is 55.8 Å². The highest BCUT2D eigenvalue weighted by Crippen LogP contribution is 2.56. The first kappa shape index (κ1) is 69.7. The Bertz CT molecular complexity index is 5280. The third-order valence-electron chi connectivity index (χ3n) is 22.6. The molecular weight excluding hydrogens is 1280 g/mol. The molecule has 0 fully saturated rings. The number of para-hydroxylation sites is 2. The summed E-state index contributed by atoms with van der Waals surface area (Å²) in [7, 11) is 0.